The molecule has 0 N–H and O–H groups in total. The van der Waals surface area contributed by atoms with E-state index in [0.29, 0.717) is 0 Å². The van der Waals surface area contributed by atoms with Gasteiger partial charge in [-0.05, 0) is 57.6 Å². The van der Waals surface area contributed by atoms with Crippen LogP contribution in [-0.2, 0) is 6.42 Å². The van der Waals surface area contributed by atoms with Crippen molar-refractivity contribution in [1.29, 1.82) is 0 Å². The van der Waals surface area contributed by atoms with E-state index in [1.807, 2.05) is 0 Å². The highest BCUT2D eigenvalue weighted by molar-refractivity contribution is 5.36. The SMILES string of the molecule is COc1cc(CCCN(C)C)ccc1C. The number of nitrogens with zero attached hydrogens (tertiary/aromatic N) is 1. The largest absolute Gasteiger partial charge is 0.496 e. The molecule has 1 rings (SSSR count). The smallest absolute Gasteiger partial charge is 0.122 e. The molecule has 0 spiro atoms. The Balaban J connectivity index is 2.54. The number of methoxy groups -OCH3 is 1. The van der Waals surface area contributed by atoms with Gasteiger partial charge in [-0.1, -0.05) is 12.1 Å². The van der Waals surface area contributed by atoms with E-state index in [1.54, 1.807) is 7.11 Å². The Morgan fingerprint density at radius 3 is 2.60 bits per heavy atom. The van der Waals surface area contributed by atoms with Crippen molar-refractivity contribution in [2.24, 2.45) is 0 Å². The van der Waals surface area contributed by atoms with Gasteiger partial charge in [0.1, 0.15) is 5.75 Å². The fraction of sp³-hybridized carbons (Fsp3) is 0.538. The Labute approximate surface area is 92.9 Å². The van der Waals surface area contributed by atoms with Crippen LogP contribution in [0.25, 0.3) is 0 Å². The van der Waals surface area contributed by atoms with Crippen LogP contribution in [0, 0.1) is 6.92 Å². The zero-order chi connectivity index (χ0) is 11.3. The molecule has 0 aliphatic rings. The van der Waals surface area contributed by atoms with Crippen molar-refractivity contribution in [2.45, 2.75) is 19.8 Å². The van der Waals surface area contributed by atoms with Crippen molar-refractivity contribution in [3.05, 3.63) is 29.3 Å². The Kier molecular flexibility index (Phi) is 4.63. The summed E-state index contributed by atoms with van der Waals surface area (Å²) in [6, 6.07) is 6.46. The standard InChI is InChI=1S/C13H21NO/c1-11-7-8-12(10-13(11)15-4)6-5-9-14(2)3/h7-8,10H,5-6,9H2,1-4H3. The van der Waals surface area contributed by atoms with Crippen LogP contribution in [0.5, 0.6) is 5.75 Å². The summed E-state index contributed by atoms with van der Waals surface area (Å²) in [6.07, 6.45) is 2.31. The molecule has 0 radical (unpaired) electrons. The lowest BCUT2D eigenvalue weighted by Gasteiger charge is -2.10. The van der Waals surface area contributed by atoms with Gasteiger partial charge in [0.15, 0.2) is 0 Å². The third kappa shape index (κ3) is 3.92. The van der Waals surface area contributed by atoms with Gasteiger partial charge < -0.3 is 9.64 Å². The van der Waals surface area contributed by atoms with Gasteiger partial charge in [-0.25, -0.2) is 0 Å². The molecule has 0 fully saturated rings. The molecule has 2 heteroatoms. The lowest BCUT2D eigenvalue weighted by Crippen LogP contribution is -2.13. The lowest BCUT2D eigenvalue weighted by atomic mass is 10.1. The van der Waals surface area contributed by atoms with E-state index in [9.17, 15) is 0 Å². The molecule has 0 amide bonds. The summed E-state index contributed by atoms with van der Waals surface area (Å²) in [4.78, 5) is 2.21. The Morgan fingerprint density at radius 2 is 2.00 bits per heavy atom. The summed E-state index contributed by atoms with van der Waals surface area (Å²) >= 11 is 0. The fourth-order valence-electron chi connectivity index (χ4n) is 1.62. The van der Waals surface area contributed by atoms with E-state index < -0.39 is 0 Å². The van der Waals surface area contributed by atoms with E-state index in [1.165, 1.54) is 17.5 Å². The highest BCUT2D eigenvalue weighted by atomic mass is 16.5. The molecule has 0 aliphatic carbocycles. The molecule has 1 aromatic rings. The molecule has 0 aliphatic heterocycles. The number of rotatable bonds is 5. The second-order valence-corrected chi connectivity index (χ2v) is 4.21. The maximum absolute atomic E-state index is 5.30. The number of hydrogen-bond acceptors (Lipinski definition) is 2. The van der Waals surface area contributed by atoms with Crippen molar-refractivity contribution in [2.75, 3.05) is 27.7 Å². The first-order valence-corrected chi connectivity index (χ1v) is 5.41. The molecule has 0 unspecified atom stereocenters. The van der Waals surface area contributed by atoms with Crippen LogP contribution in [-0.4, -0.2) is 32.6 Å². The van der Waals surface area contributed by atoms with Gasteiger partial charge in [0, 0.05) is 0 Å². The molecule has 0 bridgehead atoms. The molecule has 1 aromatic carbocycles. The predicted octanol–water partition coefficient (Wildman–Crippen LogP) is 2.50. The monoisotopic (exact) mass is 207 g/mol. The van der Waals surface area contributed by atoms with Crippen molar-refractivity contribution in [3.8, 4) is 5.75 Å². The third-order valence-electron chi connectivity index (χ3n) is 2.54. The second-order valence-electron chi connectivity index (χ2n) is 4.21. The van der Waals surface area contributed by atoms with E-state index in [2.05, 4.69) is 44.1 Å². The maximum atomic E-state index is 5.30. The van der Waals surface area contributed by atoms with Gasteiger partial charge in [-0.3, -0.25) is 0 Å². The van der Waals surface area contributed by atoms with Crippen LogP contribution < -0.4 is 4.74 Å². The third-order valence-corrected chi connectivity index (χ3v) is 2.54. The number of aryl methyl sites for hydroxylation is 2. The average molecular weight is 207 g/mol. The van der Waals surface area contributed by atoms with Crippen LogP contribution in [0.3, 0.4) is 0 Å². The molecule has 0 saturated heterocycles. The number of benzene rings is 1. The summed E-state index contributed by atoms with van der Waals surface area (Å²) in [5.41, 5.74) is 2.56. The molecule has 0 atom stereocenters. The highest BCUT2D eigenvalue weighted by Gasteiger charge is 2.00. The first-order valence-electron chi connectivity index (χ1n) is 5.41. The van der Waals surface area contributed by atoms with Crippen molar-refractivity contribution in [3.63, 3.8) is 0 Å². The van der Waals surface area contributed by atoms with Crippen molar-refractivity contribution >= 4 is 0 Å². The summed E-state index contributed by atoms with van der Waals surface area (Å²) in [5.74, 6) is 0.998. The predicted molar refractivity (Wildman–Crippen MR) is 64.6 cm³/mol. The van der Waals surface area contributed by atoms with E-state index in [-0.39, 0.29) is 0 Å². The van der Waals surface area contributed by atoms with Gasteiger partial charge in [-0.2, -0.15) is 0 Å². The molecule has 84 valence electrons. The Bertz CT molecular complexity index is 307. The average Bonchev–Trinajstić information content (AvgIpc) is 2.20. The molecular formula is C13H21NO. The van der Waals surface area contributed by atoms with Crippen molar-refractivity contribution < 1.29 is 4.74 Å². The molecule has 0 aromatic heterocycles. The first-order chi connectivity index (χ1) is 7.13. The fourth-order valence-corrected chi connectivity index (χ4v) is 1.62. The first kappa shape index (κ1) is 12.1. The summed E-state index contributed by atoms with van der Waals surface area (Å²) < 4.78 is 5.30. The lowest BCUT2D eigenvalue weighted by molar-refractivity contribution is 0.399. The van der Waals surface area contributed by atoms with Gasteiger partial charge >= 0.3 is 0 Å². The zero-order valence-electron chi connectivity index (χ0n) is 10.2. The molecular weight excluding hydrogens is 186 g/mol. The van der Waals surface area contributed by atoms with E-state index in [0.717, 1.165) is 18.7 Å². The molecule has 0 saturated carbocycles. The van der Waals surface area contributed by atoms with E-state index >= 15 is 0 Å². The molecule has 15 heavy (non-hydrogen) atoms. The van der Waals surface area contributed by atoms with Gasteiger partial charge in [0.2, 0.25) is 0 Å². The van der Waals surface area contributed by atoms with Crippen LogP contribution in [0.2, 0.25) is 0 Å². The second kappa shape index (κ2) is 5.76. The van der Waals surface area contributed by atoms with Gasteiger partial charge in [-0.15, -0.1) is 0 Å². The van der Waals surface area contributed by atoms with Crippen LogP contribution >= 0.6 is 0 Å². The Morgan fingerprint density at radius 1 is 1.27 bits per heavy atom. The maximum Gasteiger partial charge on any atom is 0.122 e. The molecule has 2 nitrogen and oxygen atoms in total. The van der Waals surface area contributed by atoms with Crippen LogP contribution in [0.15, 0.2) is 18.2 Å². The summed E-state index contributed by atoms with van der Waals surface area (Å²) in [5, 5.41) is 0. The van der Waals surface area contributed by atoms with Crippen LogP contribution in [0.1, 0.15) is 17.5 Å². The number of hydrogen-bond donors (Lipinski definition) is 0. The van der Waals surface area contributed by atoms with Crippen LogP contribution in [0.4, 0.5) is 0 Å². The summed E-state index contributed by atoms with van der Waals surface area (Å²) in [6.45, 7) is 3.21. The topological polar surface area (TPSA) is 12.5 Å². The number of ether oxygens (including phenoxy) is 1. The minimum Gasteiger partial charge on any atom is -0.496 e. The zero-order valence-corrected chi connectivity index (χ0v) is 10.2. The minimum absolute atomic E-state index is 0.998. The quantitative estimate of drug-likeness (QED) is 0.735. The Hall–Kier alpha value is -1.02. The highest BCUT2D eigenvalue weighted by Crippen LogP contribution is 2.19. The summed E-state index contributed by atoms with van der Waals surface area (Å²) in [7, 11) is 5.94. The van der Waals surface area contributed by atoms with Gasteiger partial charge in [0.05, 0.1) is 7.11 Å². The normalized spacial score (nSPS) is 10.7. The molecule has 0 heterocycles. The van der Waals surface area contributed by atoms with E-state index in [4.69, 9.17) is 4.74 Å². The van der Waals surface area contributed by atoms with Crippen molar-refractivity contribution in [1.82, 2.24) is 4.90 Å². The minimum atomic E-state index is 0.998. The van der Waals surface area contributed by atoms with Gasteiger partial charge in [0.25, 0.3) is 0 Å².